The third kappa shape index (κ3) is 2.71. The van der Waals surface area contributed by atoms with Crippen LogP contribution in [0.4, 0.5) is 0 Å². The Kier molecular flexibility index (Phi) is 4.58. The lowest BCUT2D eigenvalue weighted by Gasteiger charge is -2.12. The van der Waals surface area contributed by atoms with Gasteiger partial charge in [0.05, 0.1) is 10.0 Å². The highest BCUT2D eigenvalue weighted by atomic mass is 35.5. The predicted molar refractivity (Wildman–Crippen MR) is 61.9 cm³/mol. The second kappa shape index (κ2) is 5.50. The van der Waals surface area contributed by atoms with Gasteiger partial charge < -0.3 is 4.74 Å². The number of halogens is 2. The molecule has 1 aromatic rings. The van der Waals surface area contributed by atoms with Crippen molar-refractivity contribution in [1.29, 1.82) is 0 Å². The van der Waals surface area contributed by atoms with E-state index < -0.39 is 6.10 Å². The smallest absolute Gasteiger partial charge is 0.193 e. The maximum atomic E-state index is 11.9. The average molecular weight is 247 g/mol. The zero-order valence-corrected chi connectivity index (χ0v) is 10.1. The number of benzene rings is 1. The van der Waals surface area contributed by atoms with Gasteiger partial charge in [0.15, 0.2) is 5.78 Å². The number of carbonyl (C=O) groups is 1. The molecule has 0 fully saturated rings. The number of hydrogen-bond donors (Lipinski definition) is 0. The molecule has 0 saturated carbocycles. The van der Waals surface area contributed by atoms with Crippen molar-refractivity contribution in [2.24, 2.45) is 0 Å². The van der Waals surface area contributed by atoms with Gasteiger partial charge in [-0.05, 0) is 18.6 Å². The summed E-state index contributed by atoms with van der Waals surface area (Å²) in [4.78, 5) is 11.9. The summed E-state index contributed by atoms with van der Waals surface area (Å²) >= 11 is 11.8. The lowest BCUT2D eigenvalue weighted by molar-refractivity contribution is 0.0596. The summed E-state index contributed by atoms with van der Waals surface area (Å²) in [7, 11) is 1.50. The molecule has 1 unspecified atom stereocenters. The molecule has 0 aromatic heterocycles. The summed E-state index contributed by atoms with van der Waals surface area (Å²) in [6, 6.07) is 5.00. The summed E-state index contributed by atoms with van der Waals surface area (Å²) < 4.78 is 5.06. The number of methoxy groups -OCH3 is 1. The molecule has 0 aliphatic heterocycles. The molecule has 0 saturated heterocycles. The number of ketones is 1. The number of Topliss-reactive ketones (excluding diaryl/α,β-unsaturated/α-hetero) is 1. The highest BCUT2D eigenvalue weighted by Crippen LogP contribution is 2.27. The molecule has 15 heavy (non-hydrogen) atoms. The van der Waals surface area contributed by atoms with Gasteiger partial charge in [0.25, 0.3) is 0 Å². The van der Waals surface area contributed by atoms with E-state index >= 15 is 0 Å². The maximum Gasteiger partial charge on any atom is 0.193 e. The lowest BCUT2D eigenvalue weighted by Crippen LogP contribution is -2.22. The van der Waals surface area contributed by atoms with Crippen molar-refractivity contribution in [3.05, 3.63) is 33.8 Å². The Bertz CT molecular complexity index is 360. The van der Waals surface area contributed by atoms with Gasteiger partial charge in [-0.15, -0.1) is 0 Å². The first-order valence-corrected chi connectivity index (χ1v) is 5.38. The van der Waals surface area contributed by atoms with Gasteiger partial charge in [-0.3, -0.25) is 4.79 Å². The zero-order valence-electron chi connectivity index (χ0n) is 8.59. The zero-order chi connectivity index (χ0) is 11.4. The molecule has 0 aliphatic carbocycles. The van der Waals surface area contributed by atoms with Crippen molar-refractivity contribution < 1.29 is 9.53 Å². The normalized spacial score (nSPS) is 12.5. The van der Waals surface area contributed by atoms with E-state index in [1.807, 2.05) is 6.92 Å². The Hall–Kier alpha value is -0.570. The molecule has 1 atom stereocenters. The molecule has 0 bridgehead atoms. The van der Waals surface area contributed by atoms with Crippen LogP contribution >= 0.6 is 23.2 Å². The van der Waals surface area contributed by atoms with E-state index in [4.69, 9.17) is 27.9 Å². The third-order valence-electron chi connectivity index (χ3n) is 2.16. The second-order valence-corrected chi connectivity index (χ2v) is 3.88. The summed E-state index contributed by atoms with van der Waals surface area (Å²) in [6.45, 7) is 1.88. The topological polar surface area (TPSA) is 26.3 Å². The number of ether oxygens (including phenoxy) is 1. The van der Waals surface area contributed by atoms with E-state index in [9.17, 15) is 4.79 Å². The number of rotatable bonds is 4. The van der Waals surface area contributed by atoms with E-state index in [0.29, 0.717) is 22.0 Å². The summed E-state index contributed by atoms with van der Waals surface area (Å²) in [6.07, 6.45) is 0.152. The van der Waals surface area contributed by atoms with Gasteiger partial charge in [0, 0.05) is 12.7 Å². The number of carbonyl (C=O) groups excluding carboxylic acids is 1. The van der Waals surface area contributed by atoms with E-state index in [0.717, 1.165) is 0 Å². The van der Waals surface area contributed by atoms with Gasteiger partial charge in [-0.25, -0.2) is 0 Å². The standard InChI is InChI=1S/C11H12Cl2O2/c1-3-9(15-2)11(14)7-5-4-6-8(12)10(7)13/h4-6,9H,3H2,1-2H3. The van der Waals surface area contributed by atoms with Crippen molar-refractivity contribution in [3.63, 3.8) is 0 Å². The summed E-state index contributed by atoms with van der Waals surface area (Å²) in [5.41, 5.74) is 0.415. The average Bonchev–Trinajstić information content (AvgIpc) is 2.23. The Morgan fingerprint density at radius 3 is 2.67 bits per heavy atom. The van der Waals surface area contributed by atoms with E-state index in [2.05, 4.69) is 0 Å². The van der Waals surface area contributed by atoms with E-state index in [-0.39, 0.29) is 5.78 Å². The van der Waals surface area contributed by atoms with Crippen LogP contribution in [0.5, 0.6) is 0 Å². The minimum atomic E-state index is -0.457. The van der Waals surface area contributed by atoms with Crippen molar-refractivity contribution in [3.8, 4) is 0 Å². The molecule has 1 aromatic carbocycles. The highest BCUT2D eigenvalue weighted by molar-refractivity contribution is 6.44. The van der Waals surface area contributed by atoms with Crippen LogP contribution in [0.1, 0.15) is 23.7 Å². The van der Waals surface area contributed by atoms with Crippen LogP contribution in [0.2, 0.25) is 10.0 Å². The molecular formula is C11H12Cl2O2. The molecule has 4 heteroatoms. The fourth-order valence-electron chi connectivity index (χ4n) is 1.33. The fraction of sp³-hybridized carbons (Fsp3) is 0.364. The first-order valence-electron chi connectivity index (χ1n) is 4.62. The van der Waals surface area contributed by atoms with Crippen LogP contribution in [-0.4, -0.2) is 19.0 Å². The van der Waals surface area contributed by atoms with Crippen LogP contribution in [-0.2, 0) is 4.74 Å². The van der Waals surface area contributed by atoms with Crippen molar-refractivity contribution in [2.45, 2.75) is 19.4 Å². The molecule has 0 amide bonds. The van der Waals surface area contributed by atoms with Crippen molar-refractivity contribution >= 4 is 29.0 Å². The van der Waals surface area contributed by atoms with E-state index in [1.165, 1.54) is 7.11 Å². The van der Waals surface area contributed by atoms with Crippen LogP contribution in [0.15, 0.2) is 18.2 Å². The van der Waals surface area contributed by atoms with Crippen molar-refractivity contribution in [1.82, 2.24) is 0 Å². The molecule has 2 nitrogen and oxygen atoms in total. The Morgan fingerprint density at radius 1 is 1.47 bits per heavy atom. The Balaban J connectivity index is 3.05. The molecule has 0 aliphatic rings. The largest absolute Gasteiger partial charge is 0.373 e. The van der Waals surface area contributed by atoms with Gasteiger partial charge in [0.1, 0.15) is 6.10 Å². The first-order chi connectivity index (χ1) is 7.11. The molecule has 0 radical (unpaired) electrons. The fourth-order valence-corrected chi connectivity index (χ4v) is 1.72. The molecule has 0 heterocycles. The summed E-state index contributed by atoms with van der Waals surface area (Å²) in [5, 5.41) is 0.674. The van der Waals surface area contributed by atoms with E-state index in [1.54, 1.807) is 18.2 Å². The van der Waals surface area contributed by atoms with Crippen LogP contribution in [0, 0.1) is 0 Å². The van der Waals surface area contributed by atoms with Gasteiger partial charge in [-0.1, -0.05) is 36.2 Å². The molecule has 0 spiro atoms. The Morgan fingerprint density at radius 2 is 2.13 bits per heavy atom. The van der Waals surface area contributed by atoms with Crippen LogP contribution in [0.3, 0.4) is 0 Å². The highest BCUT2D eigenvalue weighted by Gasteiger charge is 2.20. The first kappa shape index (κ1) is 12.5. The maximum absolute atomic E-state index is 11.9. The second-order valence-electron chi connectivity index (χ2n) is 3.10. The van der Waals surface area contributed by atoms with Gasteiger partial charge >= 0.3 is 0 Å². The molecule has 1 rings (SSSR count). The lowest BCUT2D eigenvalue weighted by atomic mass is 10.0. The minimum absolute atomic E-state index is 0.132. The molecule has 82 valence electrons. The monoisotopic (exact) mass is 246 g/mol. The SMILES string of the molecule is CCC(OC)C(=O)c1cccc(Cl)c1Cl. The molecule has 0 N–H and O–H groups in total. The predicted octanol–water partition coefficient (Wildman–Crippen LogP) is 3.60. The van der Waals surface area contributed by atoms with Crippen LogP contribution in [0.25, 0.3) is 0 Å². The van der Waals surface area contributed by atoms with Crippen LogP contribution < -0.4 is 0 Å². The minimum Gasteiger partial charge on any atom is -0.373 e. The Labute approximate surface area is 99.1 Å². The number of hydrogen-bond acceptors (Lipinski definition) is 2. The van der Waals surface area contributed by atoms with Gasteiger partial charge in [-0.2, -0.15) is 0 Å². The molecular weight excluding hydrogens is 235 g/mol. The third-order valence-corrected chi connectivity index (χ3v) is 2.98. The van der Waals surface area contributed by atoms with Crippen molar-refractivity contribution in [2.75, 3.05) is 7.11 Å². The van der Waals surface area contributed by atoms with Gasteiger partial charge in [0.2, 0.25) is 0 Å². The summed E-state index contributed by atoms with van der Waals surface area (Å²) in [5.74, 6) is -0.132. The quantitative estimate of drug-likeness (QED) is 0.760.